The summed E-state index contributed by atoms with van der Waals surface area (Å²) < 4.78 is 20.8. The molecule has 1 aromatic rings. The van der Waals surface area contributed by atoms with Crippen molar-refractivity contribution >= 4 is 17.8 Å². The van der Waals surface area contributed by atoms with Gasteiger partial charge < -0.3 is 18.9 Å². The molecule has 0 saturated carbocycles. The molecular formula is C17H22O6. The highest BCUT2D eigenvalue weighted by Crippen LogP contribution is 2.39. The molecule has 126 valence electrons. The van der Waals surface area contributed by atoms with Crippen molar-refractivity contribution in [3.63, 3.8) is 0 Å². The van der Waals surface area contributed by atoms with Crippen LogP contribution in [0.1, 0.15) is 25.8 Å². The van der Waals surface area contributed by atoms with Crippen LogP contribution in [0.2, 0.25) is 0 Å². The van der Waals surface area contributed by atoms with Crippen LogP contribution in [0.5, 0.6) is 17.2 Å². The predicted molar refractivity (Wildman–Crippen MR) is 86.0 cm³/mol. The first-order valence-electron chi connectivity index (χ1n) is 7.24. The predicted octanol–water partition coefficient (Wildman–Crippen LogP) is 2.64. The SMILES string of the molecule is CCOc1c(OC)cc(/C=C(\C(=O)CC)C(=O)OC)cc1OC. The van der Waals surface area contributed by atoms with Gasteiger partial charge in [0.25, 0.3) is 0 Å². The standard InChI is InChI=1S/C17H22O6/c1-6-13(18)12(17(19)22-5)8-11-9-14(20-3)16(23-7-2)15(10-11)21-4/h8-10H,6-7H2,1-5H3/b12-8+. The highest BCUT2D eigenvalue weighted by atomic mass is 16.5. The second-order valence-electron chi connectivity index (χ2n) is 4.51. The van der Waals surface area contributed by atoms with E-state index in [9.17, 15) is 9.59 Å². The molecule has 1 aromatic carbocycles. The van der Waals surface area contributed by atoms with Crippen LogP contribution >= 0.6 is 0 Å². The number of methoxy groups -OCH3 is 3. The van der Waals surface area contributed by atoms with Crippen molar-refractivity contribution < 1.29 is 28.5 Å². The molecule has 0 atom stereocenters. The van der Waals surface area contributed by atoms with Crippen LogP contribution in [-0.4, -0.2) is 39.7 Å². The van der Waals surface area contributed by atoms with Crippen LogP contribution in [-0.2, 0) is 14.3 Å². The quantitative estimate of drug-likeness (QED) is 0.317. The number of hydrogen-bond donors (Lipinski definition) is 0. The first-order valence-corrected chi connectivity index (χ1v) is 7.24. The molecule has 6 nitrogen and oxygen atoms in total. The Labute approximate surface area is 136 Å². The zero-order chi connectivity index (χ0) is 17.4. The number of carbonyl (C=O) groups excluding carboxylic acids is 2. The van der Waals surface area contributed by atoms with E-state index in [1.807, 2.05) is 6.92 Å². The number of carbonyl (C=O) groups is 2. The largest absolute Gasteiger partial charge is 0.493 e. The molecule has 0 aromatic heterocycles. The Hall–Kier alpha value is -2.50. The van der Waals surface area contributed by atoms with E-state index in [4.69, 9.17) is 14.2 Å². The fourth-order valence-electron chi connectivity index (χ4n) is 1.99. The van der Waals surface area contributed by atoms with Crippen molar-refractivity contribution in [2.24, 2.45) is 0 Å². The zero-order valence-corrected chi connectivity index (χ0v) is 14.1. The van der Waals surface area contributed by atoms with Crippen molar-refractivity contribution in [1.82, 2.24) is 0 Å². The fourth-order valence-corrected chi connectivity index (χ4v) is 1.99. The van der Waals surface area contributed by atoms with E-state index in [2.05, 4.69) is 4.74 Å². The summed E-state index contributed by atoms with van der Waals surface area (Å²) in [5.41, 5.74) is 0.549. The summed E-state index contributed by atoms with van der Waals surface area (Å²) in [6.45, 7) is 3.98. The Morgan fingerprint density at radius 2 is 1.61 bits per heavy atom. The number of Topliss-reactive ketones (excluding diaryl/α,β-unsaturated/α-hetero) is 1. The molecule has 23 heavy (non-hydrogen) atoms. The van der Waals surface area contributed by atoms with Gasteiger partial charge in [-0.1, -0.05) is 6.92 Å². The molecule has 0 N–H and O–H groups in total. The van der Waals surface area contributed by atoms with Crippen molar-refractivity contribution in [2.45, 2.75) is 20.3 Å². The molecule has 0 heterocycles. The highest BCUT2D eigenvalue weighted by Gasteiger charge is 2.19. The van der Waals surface area contributed by atoms with E-state index < -0.39 is 5.97 Å². The van der Waals surface area contributed by atoms with Crippen LogP contribution in [0.3, 0.4) is 0 Å². The number of rotatable bonds is 8. The zero-order valence-electron chi connectivity index (χ0n) is 14.1. The number of ketones is 1. The van der Waals surface area contributed by atoms with Crippen LogP contribution in [0, 0.1) is 0 Å². The van der Waals surface area contributed by atoms with Gasteiger partial charge in [0.05, 0.1) is 27.9 Å². The Kier molecular flexibility index (Phi) is 7.12. The Balaban J connectivity index is 3.43. The normalized spacial score (nSPS) is 10.9. The summed E-state index contributed by atoms with van der Waals surface area (Å²) in [5.74, 6) is 0.389. The molecular weight excluding hydrogens is 300 g/mol. The van der Waals surface area contributed by atoms with Gasteiger partial charge in [-0.25, -0.2) is 4.79 Å². The van der Waals surface area contributed by atoms with Gasteiger partial charge in [-0.2, -0.15) is 0 Å². The first-order chi connectivity index (χ1) is 11.0. The molecule has 0 amide bonds. The second kappa shape index (κ2) is 8.82. The van der Waals surface area contributed by atoms with E-state index in [-0.39, 0.29) is 17.8 Å². The summed E-state index contributed by atoms with van der Waals surface area (Å²) in [4.78, 5) is 23.7. The van der Waals surface area contributed by atoms with Crippen LogP contribution < -0.4 is 14.2 Å². The summed E-state index contributed by atoms with van der Waals surface area (Å²) >= 11 is 0. The highest BCUT2D eigenvalue weighted by molar-refractivity contribution is 6.20. The minimum absolute atomic E-state index is 0.0248. The van der Waals surface area contributed by atoms with Crippen molar-refractivity contribution in [2.75, 3.05) is 27.9 Å². The minimum Gasteiger partial charge on any atom is -0.493 e. The van der Waals surface area contributed by atoms with Gasteiger partial charge in [0, 0.05) is 6.42 Å². The lowest BCUT2D eigenvalue weighted by molar-refractivity contribution is -0.137. The first kappa shape index (κ1) is 18.5. The van der Waals surface area contributed by atoms with Crippen molar-refractivity contribution in [3.8, 4) is 17.2 Å². The Bertz CT molecular complexity index is 560. The van der Waals surface area contributed by atoms with Crippen molar-refractivity contribution in [3.05, 3.63) is 23.3 Å². The molecule has 1 rings (SSSR count). The average molecular weight is 322 g/mol. The molecule has 0 spiro atoms. The molecule has 0 saturated heterocycles. The smallest absolute Gasteiger partial charge is 0.341 e. The molecule has 0 bridgehead atoms. The second-order valence-corrected chi connectivity index (χ2v) is 4.51. The maximum Gasteiger partial charge on any atom is 0.341 e. The van der Waals surface area contributed by atoms with Crippen LogP contribution in [0.15, 0.2) is 17.7 Å². The van der Waals surface area contributed by atoms with Gasteiger partial charge in [0.2, 0.25) is 5.75 Å². The average Bonchev–Trinajstić information content (AvgIpc) is 2.58. The summed E-state index contributed by atoms with van der Waals surface area (Å²) in [6.07, 6.45) is 1.66. The van der Waals surface area contributed by atoms with Gasteiger partial charge in [-0.3, -0.25) is 4.79 Å². The van der Waals surface area contributed by atoms with Crippen LogP contribution in [0.4, 0.5) is 0 Å². The van der Waals surface area contributed by atoms with Gasteiger partial charge in [-0.05, 0) is 30.7 Å². The van der Waals surface area contributed by atoms with E-state index in [1.165, 1.54) is 27.4 Å². The molecule has 0 aliphatic carbocycles. The number of ether oxygens (including phenoxy) is 4. The van der Waals surface area contributed by atoms with Crippen LogP contribution in [0.25, 0.3) is 6.08 Å². The topological polar surface area (TPSA) is 71.1 Å². The monoisotopic (exact) mass is 322 g/mol. The Morgan fingerprint density at radius 3 is 2.00 bits per heavy atom. The fraction of sp³-hybridized carbons (Fsp3) is 0.412. The Morgan fingerprint density at radius 1 is 1.04 bits per heavy atom. The molecule has 0 fully saturated rings. The van der Waals surface area contributed by atoms with E-state index >= 15 is 0 Å². The number of esters is 1. The summed E-state index contributed by atoms with van der Waals surface area (Å²) in [7, 11) is 4.24. The number of benzene rings is 1. The van der Waals surface area contributed by atoms with E-state index in [0.717, 1.165) is 0 Å². The maximum absolute atomic E-state index is 11.9. The van der Waals surface area contributed by atoms with Gasteiger partial charge in [-0.15, -0.1) is 0 Å². The van der Waals surface area contributed by atoms with Gasteiger partial charge in [0.1, 0.15) is 5.57 Å². The van der Waals surface area contributed by atoms with Crippen molar-refractivity contribution in [1.29, 1.82) is 0 Å². The molecule has 0 radical (unpaired) electrons. The summed E-state index contributed by atoms with van der Waals surface area (Å²) in [5, 5.41) is 0. The van der Waals surface area contributed by atoms with E-state index in [0.29, 0.717) is 29.4 Å². The molecule has 0 unspecified atom stereocenters. The lowest BCUT2D eigenvalue weighted by Crippen LogP contribution is -2.13. The third-order valence-electron chi connectivity index (χ3n) is 3.11. The third-order valence-corrected chi connectivity index (χ3v) is 3.11. The van der Waals surface area contributed by atoms with E-state index in [1.54, 1.807) is 19.1 Å². The maximum atomic E-state index is 11.9. The molecule has 0 aliphatic rings. The molecule has 0 aliphatic heterocycles. The third kappa shape index (κ3) is 4.48. The summed E-state index contributed by atoms with van der Waals surface area (Å²) in [6, 6.07) is 3.33. The minimum atomic E-state index is -0.677. The number of hydrogen-bond acceptors (Lipinski definition) is 6. The lowest BCUT2D eigenvalue weighted by Gasteiger charge is -2.14. The molecule has 6 heteroatoms. The van der Waals surface area contributed by atoms with Gasteiger partial charge in [0.15, 0.2) is 17.3 Å². The van der Waals surface area contributed by atoms with Gasteiger partial charge >= 0.3 is 5.97 Å². The lowest BCUT2D eigenvalue weighted by atomic mass is 10.0.